The average molecular weight is 291 g/mol. The van der Waals surface area contributed by atoms with E-state index in [2.05, 4.69) is 15.9 Å². The summed E-state index contributed by atoms with van der Waals surface area (Å²) >= 11 is 3.23. The Morgan fingerprint density at radius 3 is 2.56 bits per heavy atom. The van der Waals surface area contributed by atoms with Crippen molar-refractivity contribution >= 4 is 20.4 Å². The second-order valence-corrected chi connectivity index (χ2v) is 3.97. The van der Waals surface area contributed by atoms with Crippen molar-refractivity contribution in [2.75, 3.05) is 0 Å². The van der Waals surface area contributed by atoms with Crippen molar-refractivity contribution in [3.05, 3.63) is 53.6 Å². The summed E-state index contributed by atoms with van der Waals surface area (Å²) < 4.78 is 37.9. The van der Waals surface area contributed by atoms with Gasteiger partial charge in [0, 0.05) is 4.48 Å². The van der Waals surface area contributed by atoms with Crippen LogP contribution in [0.1, 0.15) is 18.1 Å². The number of hydrogen-bond donors (Lipinski definition) is 0. The van der Waals surface area contributed by atoms with Gasteiger partial charge < -0.3 is 0 Å². The van der Waals surface area contributed by atoms with Gasteiger partial charge in [0.1, 0.15) is 0 Å². The molecular formula is C12H10BrF3. The summed E-state index contributed by atoms with van der Waals surface area (Å²) in [5, 5.41) is 0. The summed E-state index contributed by atoms with van der Waals surface area (Å²) in [6.07, 6.45) is 0.957. The summed E-state index contributed by atoms with van der Waals surface area (Å²) in [6, 6.07) is 5.19. The van der Waals surface area contributed by atoms with Crippen LogP contribution in [0, 0.1) is 0 Å². The van der Waals surface area contributed by atoms with Crippen LogP contribution in [0.15, 0.2) is 42.5 Å². The van der Waals surface area contributed by atoms with Crippen LogP contribution in [0.5, 0.6) is 0 Å². The highest BCUT2D eigenvalue weighted by Crippen LogP contribution is 2.32. The van der Waals surface area contributed by atoms with E-state index < -0.39 is 11.7 Å². The summed E-state index contributed by atoms with van der Waals surface area (Å²) in [7, 11) is 0. The van der Waals surface area contributed by atoms with Gasteiger partial charge in [0.25, 0.3) is 0 Å². The maximum Gasteiger partial charge on any atom is 0.416 e. The molecule has 0 N–H and O–H groups in total. The zero-order chi connectivity index (χ0) is 12.2. The van der Waals surface area contributed by atoms with Crippen molar-refractivity contribution in [2.45, 2.75) is 13.1 Å². The number of allylic oxidation sites excluding steroid dienone is 3. The number of benzene rings is 1. The zero-order valence-electron chi connectivity index (χ0n) is 8.55. The molecule has 0 fully saturated rings. The van der Waals surface area contributed by atoms with Gasteiger partial charge in [-0.3, -0.25) is 0 Å². The van der Waals surface area contributed by atoms with E-state index in [0.717, 1.165) is 12.1 Å². The third kappa shape index (κ3) is 3.52. The predicted octanol–water partition coefficient (Wildman–Crippen LogP) is 5.02. The highest BCUT2D eigenvalue weighted by Gasteiger charge is 2.30. The maximum absolute atomic E-state index is 12.4. The fourth-order valence-corrected chi connectivity index (χ4v) is 1.52. The largest absolute Gasteiger partial charge is 0.416 e. The van der Waals surface area contributed by atoms with Crippen molar-refractivity contribution in [2.24, 2.45) is 0 Å². The quantitative estimate of drug-likeness (QED) is 0.671. The Morgan fingerprint density at radius 2 is 2.00 bits per heavy atom. The van der Waals surface area contributed by atoms with Gasteiger partial charge in [-0.1, -0.05) is 40.2 Å². The van der Waals surface area contributed by atoms with Gasteiger partial charge in [-0.2, -0.15) is 13.2 Å². The van der Waals surface area contributed by atoms with Crippen LogP contribution in [0.4, 0.5) is 13.2 Å². The van der Waals surface area contributed by atoms with Gasteiger partial charge >= 0.3 is 6.18 Å². The Morgan fingerprint density at radius 1 is 1.31 bits per heavy atom. The second-order valence-electron chi connectivity index (χ2n) is 3.12. The average Bonchev–Trinajstić information content (AvgIpc) is 2.25. The molecule has 16 heavy (non-hydrogen) atoms. The fourth-order valence-electron chi connectivity index (χ4n) is 1.12. The number of halogens is 4. The molecule has 0 aliphatic heterocycles. The SMILES string of the molecule is C/C=C/C=C(/Br)c1cccc(C(F)(F)F)c1. The molecule has 1 aromatic carbocycles. The molecule has 0 nitrogen and oxygen atoms in total. The molecule has 0 unspecified atom stereocenters. The summed E-state index contributed by atoms with van der Waals surface area (Å²) in [4.78, 5) is 0. The van der Waals surface area contributed by atoms with E-state index in [9.17, 15) is 13.2 Å². The van der Waals surface area contributed by atoms with Crippen LogP contribution in [0.3, 0.4) is 0 Å². The first-order valence-electron chi connectivity index (χ1n) is 4.61. The molecule has 0 spiro atoms. The van der Waals surface area contributed by atoms with Crippen molar-refractivity contribution in [1.82, 2.24) is 0 Å². The molecule has 1 aromatic rings. The standard InChI is InChI=1S/C12H10BrF3/c1-2-3-7-11(13)9-5-4-6-10(8-9)12(14,15)16/h2-8H,1H3/b3-2+,11-7+. The van der Waals surface area contributed by atoms with Crippen LogP contribution in [0.2, 0.25) is 0 Å². The van der Waals surface area contributed by atoms with Crippen molar-refractivity contribution < 1.29 is 13.2 Å². The molecule has 0 saturated heterocycles. The maximum atomic E-state index is 12.4. The van der Waals surface area contributed by atoms with Gasteiger partial charge in [0.05, 0.1) is 5.56 Å². The van der Waals surface area contributed by atoms with Crippen LogP contribution < -0.4 is 0 Å². The first-order chi connectivity index (χ1) is 7.45. The van der Waals surface area contributed by atoms with Crippen LogP contribution in [0.25, 0.3) is 4.48 Å². The number of hydrogen-bond acceptors (Lipinski definition) is 0. The van der Waals surface area contributed by atoms with E-state index in [1.165, 1.54) is 6.07 Å². The lowest BCUT2D eigenvalue weighted by Gasteiger charge is -2.07. The molecule has 0 saturated carbocycles. The van der Waals surface area contributed by atoms with E-state index in [1.54, 1.807) is 24.3 Å². The van der Waals surface area contributed by atoms with Gasteiger partial charge in [0.2, 0.25) is 0 Å². The topological polar surface area (TPSA) is 0 Å². The predicted molar refractivity (Wildman–Crippen MR) is 63.2 cm³/mol. The third-order valence-electron chi connectivity index (χ3n) is 1.90. The van der Waals surface area contributed by atoms with Crippen LogP contribution in [-0.2, 0) is 6.18 Å². The van der Waals surface area contributed by atoms with Crippen molar-refractivity contribution in [1.29, 1.82) is 0 Å². The first-order valence-corrected chi connectivity index (χ1v) is 5.40. The van der Waals surface area contributed by atoms with Gasteiger partial charge in [0.15, 0.2) is 0 Å². The normalized spacial score (nSPS) is 13.4. The lowest BCUT2D eigenvalue weighted by molar-refractivity contribution is -0.137. The van der Waals surface area contributed by atoms with Crippen molar-refractivity contribution in [3.8, 4) is 0 Å². The third-order valence-corrected chi connectivity index (χ3v) is 2.62. The smallest absolute Gasteiger partial charge is 0.166 e. The van der Waals surface area contributed by atoms with E-state index in [1.807, 2.05) is 6.92 Å². The van der Waals surface area contributed by atoms with E-state index >= 15 is 0 Å². The molecule has 0 aliphatic rings. The summed E-state index contributed by atoms with van der Waals surface area (Å²) in [5.41, 5.74) is -0.135. The highest BCUT2D eigenvalue weighted by molar-refractivity contribution is 9.15. The van der Waals surface area contributed by atoms with E-state index in [0.29, 0.717) is 10.0 Å². The Bertz CT molecular complexity index is 417. The molecule has 86 valence electrons. The molecule has 0 radical (unpaired) electrons. The Kier molecular flexibility index (Phi) is 4.35. The molecule has 0 aliphatic carbocycles. The molecule has 0 amide bonds. The minimum absolute atomic E-state index is 0.507. The minimum Gasteiger partial charge on any atom is -0.166 e. The molecule has 0 atom stereocenters. The van der Waals surface area contributed by atoms with Crippen LogP contribution in [-0.4, -0.2) is 0 Å². The second kappa shape index (κ2) is 5.34. The van der Waals surface area contributed by atoms with E-state index in [4.69, 9.17) is 0 Å². The van der Waals surface area contributed by atoms with Crippen LogP contribution >= 0.6 is 15.9 Å². The van der Waals surface area contributed by atoms with Gasteiger partial charge in [-0.05, 0) is 30.7 Å². The molecule has 0 heterocycles. The Hall–Kier alpha value is -1.03. The fraction of sp³-hybridized carbons (Fsp3) is 0.167. The van der Waals surface area contributed by atoms with Gasteiger partial charge in [-0.15, -0.1) is 0 Å². The monoisotopic (exact) mass is 290 g/mol. The van der Waals surface area contributed by atoms with Gasteiger partial charge in [-0.25, -0.2) is 0 Å². The molecule has 0 bridgehead atoms. The summed E-state index contributed by atoms with van der Waals surface area (Å²) in [6.45, 7) is 1.84. The first kappa shape index (κ1) is 13.0. The molecule has 1 rings (SSSR count). The Labute approximate surface area is 101 Å². The Balaban J connectivity index is 3.08. The lowest BCUT2D eigenvalue weighted by Crippen LogP contribution is -2.04. The number of rotatable bonds is 2. The number of alkyl halides is 3. The summed E-state index contributed by atoms with van der Waals surface area (Å²) in [5.74, 6) is 0. The molecule has 4 heteroatoms. The van der Waals surface area contributed by atoms with E-state index in [-0.39, 0.29) is 0 Å². The zero-order valence-corrected chi connectivity index (χ0v) is 10.1. The molecule has 0 aromatic heterocycles. The molecular weight excluding hydrogens is 281 g/mol. The highest BCUT2D eigenvalue weighted by atomic mass is 79.9. The van der Waals surface area contributed by atoms with Crippen molar-refractivity contribution in [3.63, 3.8) is 0 Å². The lowest BCUT2D eigenvalue weighted by atomic mass is 10.1. The minimum atomic E-state index is -4.30.